The molecule has 0 aliphatic carbocycles. The summed E-state index contributed by atoms with van der Waals surface area (Å²) in [5.74, 6) is 0.0653. The van der Waals surface area contributed by atoms with Gasteiger partial charge in [-0.25, -0.2) is 0 Å². The Morgan fingerprint density at radius 2 is 1.96 bits per heavy atom. The highest BCUT2D eigenvalue weighted by Crippen LogP contribution is 2.23. The van der Waals surface area contributed by atoms with Crippen molar-refractivity contribution in [2.45, 2.75) is 38.4 Å². The third-order valence-corrected chi connectivity index (χ3v) is 5.23. The quantitative estimate of drug-likeness (QED) is 0.774. The van der Waals surface area contributed by atoms with E-state index in [1.807, 2.05) is 30.2 Å². The van der Waals surface area contributed by atoms with Crippen molar-refractivity contribution < 1.29 is 4.79 Å². The molecule has 1 aliphatic rings. The monoisotopic (exact) mass is 349 g/mol. The molecule has 136 valence electrons. The first-order valence-electron chi connectivity index (χ1n) is 9.26. The number of benzene rings is 1. The van der Waals surface area contributed by atoms with E-state index in [-0.39, 0.29) is 5.91 Å². The number of rotatable bonds is 5. The zero-order chi connectivity index (χ0) is 18.4. The van der Waals surface area contributed by atoms with Crippen molar-refractivity contribution in [2.24, 2.45) is 0 Å². The molecule has 2 atom stereocenters. The van der Waals surface area contributed by atoms with Crippen LogP contribution >= 0.6 is 0 Å². The molecule has 4 heteroatoms. The van der Waals surface area contributed by atoms with Crippen LogP contribution in [0.1, 0.15) is 30.9 Å². The number of amides is 1. The summed E-state index contributed by atoms with van der Waals surface area (Å²) < 4.78 is 0. The number of nitrogens with zero attached hydrogens (tertiary/aromatic N) is 3. The van der Waals surface area contributed by atoms with Crippen molar-refractivity contribution in [3.8, 4) is 0 Å². The molecule has 2 heterocycles. The molecule has 0 saturated carbocycles. The first-order valence-corrected chi connectivity index (χ1v) is 9.26. The molecule has 0 unspecified atom stereocenters. The lowest BCUT2D eigenvalue weighted by atomic mass is 9.96. The molecule has 1 fully saturated rings. The van der Waals surface area contributed by atoms with Crippen molar-refractivity contribution in [2.75, 3.05) is 13.6 Å². The van der Waals surface area contributed by atoms with Gasteiger partial charge >= 0.3 is 0 Å². The van der Waals surface area contributed by atoms with Gasteiger partial charge < -0.3 is 4.90 Å². The third-order valence-electron chi connectivity index (χ3n) is 5.23. The fraction of sp³-hybridized carbons (Fsp3) is 0.364. The summed E-state index contributed by atoms with van der Waals surface area (Å²) in [5, 5.41) is 0. The number of hydrogen-bond donors (Lipinski definition) is 0. The van der Waals surface area contributed by atoms with Crippen LogP contribution < -0.4 is 0 Å². The van der Waals surface area contributed by atoms with Gasteiger partial charge in [-0.05, 0) is 49.1 Å². The summed E-state index contributed by atoms with van der Waals surface area (Å²) in [6.45, 7) is 4.26. The minimum absolute atomic E-state index is 0.0653. The second-order valence-corrected chi connectivity index (χ2v) is 7.05. The van der Waals surface area contributed by atoms with Crippen LogP contribution in [0.5, 0.6) is 0 Å². The van der Waals surface area contributed by atoms with Crippen molar-refractivity contribution in [1.82, 2.24) is 14.8 Å². The normalized spacial score (nSPS) is 21.0. The lowest BCUT2D eigenvalue weighted by molar-refractivity contribution is -0.128. The molecule has 0 N–H and O–H groups in total. The van der Waals surface area contributed by atoms with Crippen LogP contribution in [0, 0.1) is 0 Å². The van der Waals surface area contributed by atoms with Crippen LogP contribution in [0.2, 0.25) is 0 Å². The van der Waals surface area contributed by atoms with Gasteiger partial charge in [0.25, 0.3) is 0 Å². The number of likely N-dealkylation sites (tertiary alicyclic amines) is 1. The maximum Gasteiger partial charge on any atom is 0.246 e. The van der Waals surface area contributed by atoms with Crippen LogP contribution in [-0.2, 0) is 11.3 Å². The van der Waals surface area contributed by atoms with Gasteiger partial charge in [-0.1, -0.05) is 30.3 Å². The molecule has 1 aliphatic heterocycles. The number of carbonyl (C=O) groups excluding carboxylic acids is 1. The lowest BCUT2D eigenvalue weighted by Crippen LogP contribution is -2.48. The molecule has 4 nitrogen and oxygen atoms in total. The van der Waals surface area contributed by atoms with E-state index in [9.17, 15) is 4.79 Å². The van der Waals surface area contributed by atoms with Crippen LogP contribution in [-0.4, -0.2) is 46.4 Å². The Bertz CT molecular complexity index is 730. The van der Waals surface area contributed by atoms with Gasteiger partial charge in [-0.2, -0.15) is 0 Å². The first-order chi connectivity index (χ1) is 12.6. The summed E-state index contributed by atoms with van der Waals surface area (Å²) in [6, 6.07) is 15.2. The van der Waals surface area contributed by atoms with Crippen LogP contribution in [0.25, 0.3) is 6.08 Å². The molecular formula is C22H27N3O. The summed E-state index contributed by atoms with van der Waals surface area (Å²) in [7, 11) is 1.92. The molecule has 1 aromatic heterocycles. The van der Waals surface area contributed by atoms with E-state index in [1.54, 1.807) is 18.5 Å². The molecule has 1 aromatic carbocycles. The van der Waals surface area contributed by atoms with Crippen molar-refractivity contribution in [3.63, 3.8) is 0 Å². The molecule has 0 radical (unpaired) electrons. The van der Waals surface area contributed by atoms with E-state index in [4.69, 9.17) is 0 Å². The number of likely N-dealkylation sites (N-methyl/N-ethyl adjacent to an activating group) is 1. The fourth-order valence-electron chi connectivity index (χ4n) is 3.54. The predicted molar refractivity (Wildman–Crippen MR) is 105 cm³/mol. The second kappa shape index (κ2) is 8.77. The number of aromatic nitrogens is 1. The van der Waals surface area contributed by atoms with Gasteiger partial charge in [0.05, 0.1) is 0 Å². The predicted octanol–water partition coefficient (Wildman–Crippen LogP) is 3.61. The number of piperidine rings is 1. The molecule has 26 heavy (non-hydrogen) atoms. The first kappa shape index (κ1) is 18.3. The largest absolute Gasteiger partial charge is 0.339 e. The van der Waals surface area contributed by atoms with Crippen LogP contribution in [0.15, 0.2) is 60.9 Å². The Balaban J connectivity index is 1.54. The SMILES string of the molecule is C[C@@H]1C[C@H](N(C)C(=O)/C=C\c2ccncc2)CCN1Cc1ccccc1. The zero-order valence-corrected chi connectivity index (χ0v) is 15.6. The highest BCUT2D eigenvalue weighted by Gasteiger charge is 2.29. The van der Waals surface area contributed by atoms with E-state index in [0.29, 0.717) is 12.1 Å². The summed E-state index contributed by atoms with van der Waals surface area (Å²) in [6.07, 6.45) is 9.02. The average molecular weight is 349 g/mol. The van der Waals surface area contributed by atoms with Gasteiger partial charge in [0.15, 0.2) is 0 Å². The van der Waals surface area contributed by atoms with E-state index in [0.717, 1.165) is 31.5 Å². The average Bonchev–Trinajstić information content (AvgIpc) is 2.68. The van der Waals surface area contributed by atoms with E-state index in [1.165, 1.54) is 5.56 Å². The molecule has 3 rings (SSSR count). The van der Waals surface area contributed by atoms with E-state index < -0.39 is 0 Å². The van der Waals surface area contributed by atoms with Crippen LogP contribution in [0.3, 0.4) is 0 Å². The number of carbonyl (C=O) groups is 1. The minimum atomic E-state index is 0.0653. The lowest BCUT2D eigenvalue weighted by Gasteiger charge is -2.41. The maximum absolute atomic E-state index is 12.5. The molecule has 1 amide bonds. The standard InChI is InChI=1S/C22H27N3O/c1-18-16-21(12-15-25(18)17-20-6-4-3-5-7-20)24(2)22(26)9-8-19-10-13-23-14-11-19/h3-11,13-14,18,21H,12,15-17H2,1-2H3/b9-8-/t18-,21-/m1/s1. The molecule has 1 saturated heterocycles. The Hall–Kier alpha value is -2.46. The second-order valence-electron chi connectivity index (χ2n) is 7.05. The Morgan fingerprint density at radius 1 is 1.23 bits per heavy atom. The van der Waals surface area contributed by atoms with E-state index in [2.05, 4.69) is 47.1 Å². The smallest absolute Gasteiger partial charge is 0.246 e. The molecule has 2 aromatic rings. The van der Waals surface area contributed by atoms with Crippen LogP contribution in [0.4, 0.5) is 0 Å². The Morgan fingerprint density at radius 3 is 2.65 bits per heavy atom. The molecular weight excluding hydrogens is 322 g/mol. The van der Waals surface area contributed by atoms with Crippen molar-refractivity contribution in [1.29, 1.82) is 0 Å². The molecule has 0 bridgehead atoms. The van der Waals surface area contributed by atoms with Gasteiger partial charge in [0, 0.05) is 50.7 Å². The van der Waals surface area contributed by atoms with Gasteiger partial charge in [0.1, 0.15) is 0 Å². The minimum Gasteiger partial charge on any atom is -0.339 e. The number of hydrogen-bond acceptors (Lipinski definition) is 3. The summed E-state index contributed by atoms with van der Waals surface area (Å²) >= 11 is 0. The summed E-state index contributed by atoms with van der Waals surface area (Å²) in [4.78, 5) is 20.9. The van der Waals surface area contributed by atoms with Gasteiger partial charge in [-0.15, -0.1) is 0 Å². The van der Waals surface area contributed by atoms with Gasteiger partial charge in [0.2, 0.25) is 5.91 Å². The Labute approximate surface area is 156 Å². The summed E-state index contributed by atoms with van der Waals surface area (Å²) in [5.41, 5.74) is 2.34. The Kier molecular flexibility index (Phi) is 6.18. The van der Waals surface area contributed by atoms with E-state index >= 15 is 0 Å². The van der Waals surface area contributed by atoms with Crippen molar-refractivity contribution >= 4 is 12.0 Å². The van der Waals surface area contributed by atoms with Gasteiger partial charge in [-0.3, -0.25) is 14.7 Å². The maximum atomic E-state index is 12.5. The number of pyridine rings is 1. The fourth-order valence-corrected chi connectivity index (χ4v) is 3.54. The molecule has 0 spiro atoms. The third kappa shape index (κ3) is 4.79. The van der Waals surface area contributed by atoms with Crippen molar-refractivity contribution in [3.05, 3.63) is 72.1 Å². The topological polar surface area (TPSA) is 36.4 Å². The zero-order valence-electron chi connectivity index (χ0n) is 15.6. The highest BCUT2D eigenvalue weighted by atomic mass is 16.2. The highest BCUT2D eigenvalue weighted by molar-refractivity contribution is 5.91.